The molecular weight excluding hydrogens is 352 g/mol. The zero-order valence-electron chi connectivity index (χ0n) is 17.8. The van der Waals surface area contributed by atoms with Gasteiger partial charge in [-0.1, -0.05) is 30.3 Å². The monoisotopic (exact) mass is 390 g/mol. The lowest BCUT2D eigenvalue weighted by molar-refractivity contribution is 0.0646. The number of aliphatic imine (C=N–C) groups is 1. The first-order valence-corrected chi connectivity index (χ1v) is 10.7. The number of guanidine groups is 1. The Balaban J connectivity index is 1.68. The predicted octanol–water partition coefficient (Wildman–Crippen LogP) is 2.82. The molecule has 2 N–H and O–H groups in total. The molecule has 0 aromatic heterocycles. The first kappa shape index (κ1) is 22.7. The van der Waals surface area contributed by atoms with Crippen LogP contribution in [-0.4, -0.2) is 69.9 Å². The van der Waals surface area contributed by atoms with Crippen molar-refractivity contribution in [3.05, 3.63) is 35.9 Å². The number of hydrogen-bond acceptors (Lipinski definition) is 4. The quantitative estimate of drug-likeness (QED) is 0.327. The summed E-state index contributed by atoms with van der Waals surface area (Å²) in [6, 6.07) is 10.9. The molecule has 1 saturated heterocycles. The molecule has 0 amide bonds. The third-order valence-electron chi connectivity index (χ3n) is 5.14. The van der Waals surface area contributed by atoms with Crippen LogP contribution in [0.25, 0.3) is 0 Å². The molecule has 0 spiro atoms. The van der Waals surface area contributed by atoms with Crippen LogP contribution in [0.5, 0.6) is 0 Å². The molecule has 28 heavy (non-hydrogen) atoms. The van der Waals surface area contributed by atoms with Crippen molar-refractivity contribution < 1.29 is 9.47 Å². The van der Waals surface area contributed by atoms with Crippen LogP contribution >= 0.6 is 0 Å². The zero-order chi connectivity index (χ0) is 20.0. The standard InChI is InChI=1S/C22H38N4O2/c1-4-23-22(25-18-21-12-8-14-26(21)15-17-27-3)24-13-9-16-28-19(2)20-10-6-5-7-11-20/h5-7,10-11,19,21H,4,8-9,12-18H2,1-3H3,(H2,23,24,25). The van der Waals surface area contributed by atoms with Crippen molar-refractivity contribution in [2.24, 2.45) is 4.99 Å². The fourth-order valence-electron chi connectivity index (χ4n) is 3.50. The Morgan fingerprint density at radius 2 is 2.07 bits per heavy atom. The Labute approximate surface area is 170 Å². The summed E-state index contributed by atoms with van der Waals surface area (Å²) in [5, 5.41) is 6.78. The van der Waals surface area contributed by atoms with Crippen LogP contribution in [0, 0.1) is 0 Å². The van der Waals surface area contributed by atoms with Crippen molar-refractivity contribution in [1.82, 2.24) is 15.5 Å². The van der Waals surface area contributed by atoms with Gasteiger partial charge < -0.3 is 20.1 Å². The summed E-state index contributed by atoms with van der Waals surface area (Å²) in [5.41, 5.74) is 1.22. The molecule has 2 rings (SSSR count). The van der Waals surface area contributed by atoms with Crippen LogP contribution in [0.2, 0.25) is 0 Å². The molecule has 0 aliphatic carbocycles. The summed E-state index contributed by atoms with van der Waals surface area (Å²) in [7, 11) is 1.76. The van der Waals surface area contributed by atoms with E-state index in [0.29, 0.717) is 6.04 Å². The number of nitrogens with zero attached hydrogens (tertiary/aromatic N) is 2. The number of nitrogens with one attached hydrogen (secondary N) is 2. The number of benzene rings is 1. The highest BCUT2D eigenvalue weighted by atomic mass is 16.5. The Hall–Kier alpha value is -1.63. The second-order valence-corrected chi connectivity index (χ2v) is 7.25. The first-order valence-electron chi connectivity index (χ1n) is 10.7. The Morgan fingerprint density at radius 3 is 2.82 bits per heavy atom. The SMILES string of the molecule is CCNC(=NCC1CCCN1CCOC)NCCCOC(C)c1ccccc1. The topological polar surface area (TPSA) is 58.1 Å². The number of methoxy groups -OCH3 is 1. The molecule has 1 aliphatic rings. The summed E-state index contributed by atoms with van der Waals surface area (Å²) in [4.78, 5) is 7.30. The normalized spacial score (nSPS) is 19.0. The van der Waals surface area contributed by atoms with E-state index in [9.17, 15) is 0 Å². The van der Waals surface area contributed by atoms with Crippen molar-refractivity contribution in [3.8, 4) is 0 Å². The highest BCUT2D eigenvalue weighted by Crippen LogP contribution is 2.17. The van der Waals surface area contributed by atoms with Gasteiger partial charge in [0.25, 0.3) is 0 Å². The summed E-state index contributed by atoms with van der Waals surface area (Å²) in [5.74, 6) is 0.900. The van der Waals surface area contributed by atoms with Gasteiger partial charge in [-0.25, -0.2) is 0 Å². The van der Waals surface area contributed by atoms with E-state index in [4.69, 9.17) is 14.5 Å². The van der Waals surface area contributed by atoms with Gasteiger partial charge in [-0.2, -0.15) is 0 Å². The van der Waals surface area contributed by atoms with E-state index in [2.05, 4.69) is 53.6 Å². The maximum Gasteiger partial charge on any atom is 0.191 e. The number of rotatable bonds is 12. The highest BCUT2D eigenvalue weighted by molar-refractivity contribution is 5.79. The van der Waals surface area contributed by atoms with Gasteiger partial charge in [-0.3, -0.25) is 9.89 Å². The molecule has 6 nitrogen and oxygen atoms in total. The van der Waals surface area contributed by atoms with Gasteiger partial charge in [0.2, 0.25) is 0 Å². The van der Waals surface area contributed by atoms with Crippen molar-refractivity contribution in [2.45, 2.75) is 45.3 Å². The maximum atomic E-state index is 5.94. The third-order valence-corrected chi connectivity index (χ3v) is 5.14. The molecule has 2 unspecified atom stereocenters. The predicted molar refractivity (Wildman–Crippen MR) is 116 cm³/mol. The maximum absolute atomic E-state index is 5.94. The van der Waals surface area contributed by atoms with Gasteiger partial charge in [0.1, 0.15) is 0 Å². The molecule has 1 aromatic carbocycles. The van der Waals surface area contributed by atoms with E-state index >= 15 is 0 Å². The van der Waals surface area contributed by atoms with Crippen molar-refractivity contribution in [1.29, 1.82) is 0 Å². The van der Waals surface area contributed by atoms with Crippen molar-refractivity contribution in [2.75, 3.05) is 53.0 Å². The van der Waals surface area contributed by atoms with E-state index in [0.717, 1.165) is 58.3 Å². The average Bonchev–Trinajstić information content (AvgIpc) is 3.17. The van der Waals surface area contributed by atoms with E-state index in [1.807, 2.05) is 6.07 Å². The van der Waals surface area contributed by atoms with Crippen molar-refractivity contribution in [3.63, 3.8) is 0 Å². The summed E-state index contributed by atoms with van der Waals surface area (Å²) in [6.07, 6.45) is 3.55. The molecule has 1 aliphatic heterocycles. The van der Waals surface area contributed by atoms with Crippen LogP contribution in [-0.2, 0) is 9.47 Å². The number of ether oxygens (including phenoxy) is 2. The molecule has 1 fully saturated rings. The van der Waals surface area contributed by atoms with Gasteiger partial charge in [0.05, 0.1) is 19.3 Å². The molecule has 0 saturated carbocycles. The van der Waals surface area contributed by atoms with E-state index in [1.165, 1.54) is 18.4 Å². The highest BCUT2D eigenvalue weighted by Gasteiger charge is 2.23. The molecule has 2 atom stereocenters. The molecule has 6 heteroatoms. The lowest BCUT2D eigenvalue weighted by Crippen LogP contribution is -2.40. The third kappa shape index (κ3) is 8.17. The van der Waals surface area contributed by atoms with E-state index < -0.39 is 0 Å². The fraction of sp³-hybridized carbons (Fsp3) is 0.682. The lowest BCUT2D eigenvalue weighted by atomic mass is 10.1. The van der Waals surface area contributed by atoms with Gasteiger partial charge in [-0.15, -0.1) is 0 Å². The largest absolute Gasteiger partial charge is 0.383 e. The molecule has 158 valence electrons. The van der Waals surface area contributed by atoms with Crippen LogP contribution in [0.15, 0.2) is 35.3 Å². The summed E-state index contributed by atoms with van der Waals surface area (Å²) >= 11 is 0. The van der Waals surface area contributed by atoms with Gasteiger partial charge >= 0.3 is 0 Å². The fourth-order valence-corrected chi connectivity index (χ4v) is 3.50. The van der Waals surface area contributed by atoms with Gasteiger partial charge in [0, 0.05) is 39.4 Å². The number of likely N-dealkylation sites (tertiary alicyclic amines) is 1. The molecule has 0 radical (unpaired) electrons. The number of hydrogen-bond donors (Lipinski definition) is 2. The molecule has 1 aromatic rings. The van der Waals surface area contributed by atoms with Crippen LogP contribution in [0.3, 0.4) is 0 Å². The van der Waals surface area contributed by atoms with E-state index in [1.54, 1.807) is 7.11 Å². The van der Waals surface area contributed by atoms with E-state index in [-0.39, 0.29) is 6.10 Å². The molecule has 0 bridgehead atoms. The second-order valence-electron chi connectivity index (χ2n) is 7.25. The minimum Gasteiger partial charge on any atom is -0.383 e. The second kappa shape index (κ2) is 13.5. The summed E-state index contributed by atoms with van der Waals surface area (Å²) in [6.45, 7) is 10.4. The van der Waals surface area contributed by atoms with Crippen LogP contribution < -0.4 is 10.6 Å². The Morgan fingerprint density at radius 1 is 1.25 bits per heavy atom. The van der Waals surface area contributed by atoms with Crippen molar-refractivity contribution >= 4 is 5.96 Å². The first-order chi connectivity index (χ1) is 13.7. The smallest absolute Gasteiger partial charge is 0.191 e. The minimum atomic E-state index is 0.128. The minimum absolute atomic E-state index is 0.128. The molecular formula is C22H38N4O2. The van der Waals surface area contributed by atoms with Crippen LogP contribution in [0.4, 0.5) is 0 Å². The van der Waals surface area contributed by atoms with Crippen LogP contribution in [0.1, 0.15) is 44.8 Å². The Kier molecular flexibility index (Phi) is 10.9. The molecule has 1 heterocycles. The van der Waals surface area contributed by atoms with Gasteiger partial charge in [0.15, 0.2) is 5.96 Å². The lowest BCUT2D eigenvalue weighted by Gasteiger charge is -2.23. The van der Waals surface area contributed by atoms with Gasteiger partial charge in [-0.05, 0) is 45.2 Å². The zero-order valence-corrected chi connectivity index (χ0v) is 17.8. The summed E-state index contributed by atoms with van der Waals surface area (Å²) < 4.78 is 11.2. The average molecular weight is 391 g/mol. The Bertz CT molecular complexity index is 553.